The molecule has 0 radical (unpaired) electrons. The Kier molecular flexibility index (Phi) is 1.98. The molecule has 0 unspecified atom stereocenters. The smallest absolute Gasteiger partial charge is 0.291 e. The Bertz CT molecular complexity index is 558. The van der Waals surface area contributed by atoms with Gasteiger partial charge in [0.25, 0.3) is 5.71 Å². The summed E-state index contributed by atoms with van der Waals surface area (Å²) in [5.74, 6) is -0.438. The highest BCUT2D eigenvalue weighted by molar-refractivity contribution is 6.35. The lowest BCUT2D eigenvalue weighted by Gasteiger charge is -2.09. The SMILES string of the molecule is [O-][N+]([O-])=C1C(O)=c2ccccc2=C1NO. The number of hydrogen-bond acceptors (Lipinski definition) is 5. The number of hydrogen-bond donors (Lipinski definition) is 3. The topological polar surface area (TPSA) is 102 Å². The van der Waals surface area contributed by atoms with Crippen molar-refractivity contribution in [2.24, 2.45) is 0 Å². The van der Waals surface area contributed by atoms with E-state index in [1.165, 1.54) is 0 Å². The molecule has 6 heteroatoms. The molecule has 1 aromatic rings. The van der Waals surface area contributed by atoms with Gasteiger partial charge < -0.3 is 15.5 Å². The van der Waals surface area contributed by atoms with E-state index in [0.29, 0.717) is 10.4 Å². The number of nitrogens with one attached hydrogen (secondary N) is 1. The van der Waals surface area contributed by atoms with Crippen LogP contribution in [0.3, 0.4) is 0 Å². The number of benzene rings is 1. The maximum atomic E-state index is 10.7. The highest BCUT2D eigenvalue weighted by atomic mass is 16.8. The molecule has 0 fully saturated rings. The van der Waals surface area contributed by atoms with Crippen molar-refractivity contribution in [3.05, 3.63) is 45.1 Å². The first-order valence-corrected chi connectivity index (χ1v) is 4.11. The summed E-state index contributed by atoms with van der Waals surface area (Å²) in [6, 6.07) is 6.42. The molecule has 0 heterocycles. The fraction of sp³-hybridized carbons (Fsp3) is 0. The van der Waals surface area contributed by atoms with Crippen molar-refractivity contribution < 1.29 is 15.2 Å². The van der Waals surface area contributed by atoms with Crippen molar-refractivity contribution >= 4 is 17.2 Å². The van der Waals surface area contributed by atoms with Crippen molar-refractivity contribution in [2.75, 3.05) is 0 Å². The Hall–Kier alpha value is -2.21. The van der Waals surface area contributed by atoms with Gasteiger partial charge in [0.2, 0.25) is 5.76 Å². The van der Waals surface area contributed by atoms with Crippen molar-refractivity contribution in [3.8, 4) is 0 Å². The first-order chi connectivity index (χ1) is 7.16. The van der Waals surface area contributed by atoms with Crippen LogP contribution in [0.15, 0.2) is 24.3 Å². The molecule has 1 aliphatic carbocycles. The van der Waals surface area contributed by atoms with Crippen LogP contribution >= 0.6 is 0 Å². The zero-order chi connectivity index (χ0) is 11.0. The van der Waals surface area contributed by atoms with Gasteiger partial charge in [-0.2, -0.15) is 4.90 Å². The largest absolute Gasteiger partial charge is 0.612 e. The van der Waals surface area contributed by atoms with E-state index in [-0.39, 0.29) is 5.70 Å². The number of hydroxylamine groups is 1. The molecule has 78 valence electrons. The molecule has 0 spiro atoms. The predicted molar refractivity (Wildman–Crippen MR) is 52.1 cm³/mol. The number of fused-ring (bicyclic) bond motifs is 1. The quantitative estimate of drug-likeness (QED) is 0.401. The molecule has 3 N–H and O–H groups in total. The predicted octanol–water partition coefficient (Wildman–Crippen LogP) is -1.10. The van der Waals surface area contributed by atoms with Crippen LogP contribution in [0.5, 0.6) is 0 Å². The summed E-state index contributed by atoms with van der Waals surface area (Å²) < 4.78 is 0. The molecule has 1 aromatic carbocycles. The van der Waals surface area contributed by atoms with Crippen molar-refractivity contribution in [1.29, 1.82) is 0 Å². The average molecular weight is 207 g/mol. The van der Waals surface area contributed by atoms with Crippen LogP contribution in [0.2, 0.25) is 0 Å². The van der Waals surface area contributed by atoms with E-state index in [2.05, 4.69) is 0 Å². The van der Waals surface area contributed by atoms with Gasteiger partial charge in [0.05, 0.1) is 0 Å². The third kappa shape index (κ3) is 1.19. The highest BCUT2D eigenvalue weighted by Gasteiger charge is 2.26. The lowest BCUT2D eigenvalue weighted by atomic mass is 10.2. The van der Waals surface area contributed by atoms with Gasteiger partial charge in [-0.3, -0.25) is 10.7 Å². The first-order valence-electron chi connectivity index (χ1n) is 4.11. The number of rotatable bonds is 1. The summed E-state index contributed by atoms with van der Waals surface area (Å²) in [6.07, 6.45) is 0. The standard InChI is InChI=1S/C9H7N2O4/c12-9-6-4-2-1-3-5(6)7(10-13)8(9)11(14)15/h1-4,10,13H,(H-,12,14,15)/q-1. The summed E-state index contributed by atoms with van der Waals surface area (Å²) in [7, 11) is 0. The lowest BCUT2D eigenvalue weighted by Crippen LogP contribution is -2.27. The molecule has 1 aliphatic rings. The van der Waals surface area contributed by atoms with Crippen LogP contribution in [-0.4, -0.2) is 20.9 Å². The normalized spacial score (nSPS) is 14.1. The van der Waals surface area contributed by atoms with E-state index in [4.69, 9.17) is 5.21 Å². The van der Waals surface area contributed by atoms with Crippen LogP contribution in [0.4, 0.5) is 0 Å². The van der Waals surface area contributed by atoms with Gasteiger partial charge in [-0.25, -0.2) is 0 Å². The number of aliphatic hydroxyl groups is 1. The Morgan fingerprint density at radius 1 is 1.13 bits per heavy atom. The number of nitrogens with zero attached hydrogens (tertiary/aromatic N) is 1. The van der Waals surface area contributed by atoms with Crippen LogP contribution in [-0.2, 0) is 0 Å². The second kappa shape index (κ2) is 3.18. The maximum absolute atomic E-state index is 10.7. The van der Waals surface area contributed by atoms with Gasteiger partial charge in [0.15, 0.2) is 0 Å². The molecular formula is C9H7N2O4-. The Morgan fingerprint density at radius 2 is 1.73 bits per heavy atom. The first kappa shape index (κ1) is 9.35. The Labute approximate surface area is 83.8 Å². The van der Waals surface area contributed by atoms with Gasteiger partial charge in [-0.15, -0.1) is 0 Å². The molecule has 15 heavy (non-hydrogen) atoms. The summed E-state index contributed by atoms with van der Waals surface area (Å²) >= 11 is 0. The minimum absolute atomic E-state index is 0.0897. The van der Waals surface area contributed by atoms with Crippen LogP contribution in [0.1, 0.15) is 0 Å². The highest BCUT2D eigenvalue weighted by Crippen LogP contribution is 2.05. The molecule has 0 aliphatic heterocycles. The van der Waals surface area contributed by atoms with Crippen molar-refractivity contribution in [3.63, 3.8) is 0 Å². The van der Waals surface area contributed by atoms with Gasteiger partial charge in [-0.1, -0.05) is 24.3 Å². The van der Waals surface area contributed by atoms with E-state index in [9.17, 15) is 15.5 Å². The lowest BCUT2D eigenvalue weighted by molar-refractivity contribution is -0.376. The van der Waals surface area contributed by atoms with E-state index < -0.39 is 16.4 Å². The number of aliphatic hydroxyl groups excluding tert-OH is 1. The third-order valence-electron chi connectivity index (χ3n) is 2.21. The van der Waals surface area contributed by atoms with E-state index in [1.807, 2.05) is 0 Å². The zero-order valence-corrected chi connectivity index (χ0v) is 7.47. The van der Waals surface area contributed by atoms with E-state index in [0.717, 1.165) is 0 Å². The Balaban J connectivity index is 2.95. The van der Waals surface area contributed by atoms with Crippen molar-refractivity contribution in [1.82, 2.24) is 5.48 Å². The maximum Gasteiger partial charge on any atom is 0.291 e. The summed E-state index contributed by atoms with van der Waals surface area (Å²) in [5.41, 5.74) is 1.13. The van der Waals surface area contributed by atoms with Crippen LogP contribution < -0.4 is 15.9 Å². The molecule has 0 amide bonds. The van der Waals surface area contributed by atoms with Crippen LogP contribution in [0.25, 0.3) is 11.5 Å². The van der Waals surface area contributed by atoms with Crippen LogP contribution in [0, 0.1) is 10.4 Å². The van der Waals surface area contributed by atoms with Gasteiger partial charge in [-0.05, 0) is 0 Å². The molecule has 0 saturated carbocycles. The molecule has 0 atom stereocenters. The fourth-order valence-electron chi connectivity index (χ4n) is 1.57. The summed E-state index contributed by atoms with van der Waals surface area (Å²) in [6.45, 7) is 0. The van der Waals surface area contributed by atoms with Gasteiger partial charge in [0, 0.05) is 10.4 Å². The summed E-state index contributed by atoms with van der Waals surface area (Å²) in [5, 5.41) is 40.5. The zero-order valence-electron chi connectivity index (χ0n) is 7.47. The van der Waals surface area contributed by atoms with Gasteiger partial charge >= 0.3 is 0 Å². The molecule has 0 aromatic heterocycles. The molecule has 0 bridgehead atoms. The monoisotopic (exact) mass is 207 g/mol. The minimum Gasteiger partial charge on any atom is -0.612 e. The minimum atomic E-state index is -0.742. The second-order valence-electron chi connectivity index (χ2n) is 2.99. The van der Waals surface area contributed by atoms with Gasteiger partial charge in [0.1, 0.15) is 5.70 Å². The van der Waals surface area contributed by atoms with Crippen molar-refractivity contribution in [2.45, 2.75) is 0 Å². The molecule has 2 rings (SSSR count). The third-order valence-corrected chi connectivity index (χ3v) is 2.21. The fourth-order valence-corrected chi connectivity index (χ4v) is 1.57. The second-order valence-corrected chi connectivity index (χ2v) is 2.99. The summed E-state index contributed by atoms with van der Waals surface area (Å²) in [4.78, 5) is -0.742. The average Bonchev–Trinajstić information content (AvgIpc) is 2.52. The van der Waals surface area contributed by atoms with E-state index in [1.54, 1.807) is 29.7 Å². The molecule has 6 nitrogen and oxygen atoms in total. The molecule has 0 saturated heterocycles. The van der Waals surface area contributed by atoms with E-state index >= 15 is 0 Å². The Morgan fingerprint density at radius 3 is 2.27 bits per heavy atom. The molecular weight excluding hydrogens is 200 g/mol.